The van der Waals surface area contributed by atoms with E-state index in [0.29, 0.717) is 32.2 Å². The number of likely N-dealkylation sites (tertiary alicyclic amines) is 1. The Bertz CT molecular complexity index is 274. The zero-order valence-corrected chi connectivity index (χ0v) is 7.78. The van der Waals surface area contributed by atoms with E-state index in [9.17, 15) is 14.4 Å². The molecule has 0 bridgehead atoms. The van der Waals surface area contributed by atoms with E-state index in [2.05, 4.69) is 5.32 Å². The number of rotatable bonds is 1. The summed E-state index contributed by atoms with van der Waals surface area (Å²) in [4.78, 5) is 34.9. The minimum Gasteiger partial charge on any atom is -0.354 e. The number of nitrogens with zero attached hydrogens (tertiary/aromatic N) is 1. The van der Waals surface area contributed by atoms with E-state index >= 15 is 0 Å². The van der Waals surface area contributed by atoms with Crippen LogP contribution in [-0.4, -0.2) is 35.2 Å². The summed E-state index contributed by atoms with van der Waals surface area (Å²) in [6.45, 7) is 0.413. The molecular formula is C9H12N2O3. The highest BCUT2D eigenvalue weighted by molar-refractivity contribution is 6.02. The molecule has 5 nitrogen and oxygen atoms in total. The highest BCUT2D eigenvalue weighted by Gasteiger charge is 2.36. The molecule has 2 aliphatic heterocycles. The predicted octanol–water partition coefficient (Wildman–Crippen LogP) is -0.586. The van der Waals surface area contributed by atoms with Crippen LogP contribution in [-0.2, 0) is 14.4 Å². The molecule has 2 fully saturated rings. The highest BCUT2D eigenvalue weighted by Crippen LogP contribution is 2.19. The minimum atomic E-state index is -0.116. The Morgan fingerprint density at radius 1 is 1.07 bits per heavy atom. The zero-order valence-electron chi connectivity index (χ0n) is 7.78. The monoisotopic (exact) mass is 196 g/mol. The molecule has 1 atom stereocenters. The second-order valence-electron chi connectivity index (χ2n) is 3.65. The Labute approximate surface area is 81.4 Å². The summed E-state index contributed by atoms with van der Waals surface area (Å²) >= 11 is 0. The molecule has 0 aromatic rings. The number of amides is 3. The van der Waals surface area contributed by atoms with Crippen LogP contribution in [0.4, 0.5) is 0 Å². The number of hydrogen-bond donors (Lipinski definition) is 1. The van der Waals surface area contributed by atoms with Gasteiger partial charge in [-0.05, 0) is 6.42 Å². The van der Waals surface area contributed by atoms with Crippen molar-refractivity contribution in [3.63, 3.8) is 0 Å². The van der Waals surface area contributed by atoms with Crippen LogP contribution in [0.15, 0.2) is 0 Å². The first-order chi connectivity index (χ1) is 6.68. The molecule has 76 valence electrons. The first-order valence-corrected chi connectivity index (χ1v) is 4.80. The minimum absolute atomic E-state index is 0.000319. The molecule has 2 rings (SSSR count). The molecule has 2 heterocycles. The van der Waals surface area contributed by atoms with Gasteiger partial charge >= 0.3 is 0 Å². The fourth-order valence-electron chi connectivity index (χ4n) is 1.94. The van der Waals surface area contributed by atoms with Gasteiger partial charge in [0.25, 0.3) is 0 Å². The molecule has 2 saturated heterocycles. The summed E-state index contributed by atoms with van der Waals surface area (Å²) in [5.41, 5.74) is 0. The molecule has 1 N–H and O–H groups in total. The Morgan fingerprint density at radius 2 is 1.71 bits per heavy atom. The topological polar surface area (TPSA) is 66.5 Å². The molecule has 1 unspecified atom stereocenters. The average molecular weight is 196 g/mol. The molecule has 0 aromatic heterocycles. The van der Waals surface area contributed by atoms with Crippen molar-refractivity contribution in [3.05, 3.63) is 0 Å². The summed E-state index contributed by atoms with van der Waals surface area (Å²) in [6.07, 6.45) is 1.65. The number of imide groups is 1. The summed E-state index contributed by atoms with van der Waals surface area (Å²) in [7, 11) is 0. The smallest absolute Gasteiger partial charge is 0.230 e. The van der Waals surface area contributed by atoms with Crippen LogP contribution in [0.2, 0.25) is 0 Å². The van der Waals surface area contributed by atoms with E-state index in [1.807, 2.05) is 0 Å². The van der Waals surface area contributed by atoms with Gasteiger partial charge in [0.2, 0.25) is 17.7 Å². The molecule has 0 radical (unpaired) electrons. The second-order valence-corrected chi connectivity index (χ2v) is 3.65. The van der Waals surface area contributed by atoms with Crippen molar-refractivity contribution in [2.45, 2.75) is 31.7 Å². The van der Waals surface area contributed by atoms with Gasteiger partial charge in [-0.15, -0.1) is 0 Å². The lowest BCUT2D eigenvalue weighted by atomic mass is 10.1. The molecule has 0 saturated carbocycles. The molecule has 3 amide bonds. The molecule has 0 spiro atoms. The molecule has 5 heteroatoms. The summed E-state index contributed by atoms with van der Waals surface area (Å²) in [6, 6.07) is -0.116. The third kappa shape index (κ3) is 1.49. The second kappa shape index (κ2) is 3.40. The van der Waals surface area contributed by atoms with Gasteiger partial charge in [-0.3, -0.25) is 19.3 Å². The fourth-order valence-corrected chi connectivity index (χ4v) is 1.94. The van der Waals surface area contributed by atoms with Crippen molar-refractivity contribution in [3.8, 4) is 0 Å². The highest BCUT2D eigenvalue weighted by atomic mass is 16.2. The first-order valence-electron chi connectivity index (χ1n) is 4.80. The Kier molecular flexibility index (Phi) is 2.23. The summed E-state index contributed by atoms with van der Waals surface area (Å²) < 4.78 is 0. The van der Waals surface area contributed by atoms with Crippen molar-refractivity contribution in [1.29, 1.82) is 0 Å². The van der Waals surface area contributed by atoms with Gasteiger partial charge in [-0.2, -0.15) is 0 Å². The van der Waals surface area contributed by atoms with E-state index < -0.39 is 0 Å². The summed E-state index contributed by atoms with van der Waals surface area (Å²) in [5.74, 6) is -0.201. The van der Waals surface area contributed by atoms with Crippen molar-refractivity contribution in [2.75, 3.05) is 6.54 Å². The Morgan fingerprint density at radius 3 is 2.21 bits per heavy atom. The van der Waals surface area contributed by atoms with E-state index in [1.165, 1.54) is 4.90 Å². The molecular weight excluding hydrogens is 184 g/mol. The SMILES string of the molecule is O=C1CCC(N2C(=O)CCC2=O)CN1. The van der Waals surface area contributed by atoms with E-state index in [1.54, 1.807) is 0 Å². The maximum Gasteiger partial charge on any atom is 0.230 e. The first kappa shape index (κ1) is 9.18. The van der Waals surface area contributed by atoms with Gasteiger partial charge in [0.15, 0.2) is 0 Å². The van der Waals surface area contributed by atoms with Gasteiger partial charge < -0.3 is 5.32 Å². The van der Waals surface area contributed by atoms with Gasteiger partial charge in [0, 0.05) is 25.8 Å². The lowest BCUT2D eigenvalue weighted by Crippen LogP contribution is -2.49. The van der Waals surface area contributed by atoms with Crippen molar-refractivity contribution >= 4 is 17.7 Å². The lowest BCUT2D eigenvalue weighted by molar-refractivity contribution is -0.143. The normalized spacial score (nSPS) is 28.1. The number of carbonyl (C=O) groups excluding carboxylic acids is 3. The molecule has 2 aliphatic rings. The fraction of sp³-hybridized carbons (Fsp3) is 0.667. The van der Waals surface area contributed by atoms with E-state index in [4.69, 9.17) is 0 Å². The molecule has 0 aliphatic carbocycles. The van der Waals surface area contributed by atoms with Crippen LogP contribution in [0, 0.1) is 0 Å². The standard InChI is InChI=1S/C9H12N2O3/c12-7-2-1-6(5-10-7)11-8(13)3-4-9(11)14/h6H,1-5H2,(H,10,12). The quantitative estimate of drug-likeness (QED) is 0.570. The van der Waals surface area contributed by atoms with Crippen molar-refractivity contribution < 1.29 is 14.4 Å². The van der Waals surface area contributed by atoms with Crippen LogP contribution < -0.4 is 5.32 Å². The number of piperidine rings is 1. The van der Waals surface area contributed by atoms with Crippen LogP contribution >= 0.6 is 0 Å². The maximum absolute atomic E-state index is 11.4. The predicted molar refractivity (Wildman–Crippen MR) is 47.1 cm³/mol. The number of carbonyl (C=O) groups is 3. The van der Waals surface area contributed by atoms with Crippen LogP contribution in [0.1, 0.15) is 25.7 Å². The van der Waals surface area contributed by atoms with Crippen molar-refractivity contribution in [2.24, 2.45) is 0 Å². The van der Waals surface area contributed by atoms with Crippen LogP contribution in [0.3, 0.4) is 0 Å². The third-order valence-electron chi connectivity index (χ3n) is 2.69. The van der Waals surface area contributed by atoms with Gasteiger partial charge in [-0.25, -0.2) is 0 Å². The zero-order chi connectivity index (χ0) is 10.1. The largest absolute Gasteiger partial charge is 0.354 e. The van der Waals surface area contributed by atoms with Crippen LogP contribution in [0.25, 0.3) is 0 Å². The van der Waals surface area contributed by atoms with E-state index in [-0.39, 0.29) is 23.8 Å². The van der Waals surface area contributed by atoms with E-state index in [0.717, 1.165) is 0 Å². The van der Waals surface area contributed by atoms with Gasteiger partial charge in [0.1, 0.15) is 0 Å². The van der Waals surface area contributed by atoms with Gasteiger partial charge in [-0.1, -0.05) is 0 Å². The van der Waals surface area contributed by atoms with Crippen molar-refractivity contribution in [1.82, 2.24) is 10.2 Å². The lowest BCUT2D eigenvalue weighted by Gasteiger charge is -2.29. The maximum atomic E-state index is 11.4. The molecule has 0 aromatic carbocycles. The van der Waals surface area contributed by atoms with Gasteiger partial charge in [0.05, 0.1) is 6.04 Å². The number of hydrogen-bond acceptors (Lipinski definition) is 3. The Balaban J connectivity index is 2.04. The Hall–Kier alpha value is -1.39. The third-order valence-corrected chi connectivity index (χ3v) is 2.69. The average Bonchev–Trinajstić information content (AvgIpc) is 2.49. The van der Waals surface area contributed by atoms with Crippen LogP contribution in [0.5, 0.6) is 0 Å². The number of nitrogens with one attached hydrogen (secondary N) is 1. The molecule has 14 heavy (non-hydrogen) atoms. The summed E-state index contributed by atoms with van der Waals surface area (Å²) in [5, 5.41) is 2.67.